The Balaban J connectivity index is 2.37. The smallest absolute Gasteiger partial charge is 0.130 e. The molecule has 94 valence electrons. The lowest BCUT2D eigenvalue weighted by Crippen LogP contribution is -2.31. The van der Waals surface area contributed by atoms with E-state index in [2.05, 4.69) is 4.90 Å². The second-order valence-corrected chi connectivity index (χ2v) is 4.61. The monoisotopic (exact) mass is 238 g/mol. The second kappa shape index (κ2) is 5.02. The van der Waals surface area contributed by atoms with Crippen molar-refractivity contribution in [3.05, 3.63) is 29.6 Å². The standard InChI is InChI=1S/C13H19FN2O/c1-9(15)13-11(14)3-2-4-12(13)16(7-8-17)10-5-6-10/h2-4,9-10,17H,5-8,15H2,1H3. The molecular weight excluding hydrogens is 219 g/mol. The minimum Gasteiger partial charge on any atom is -0.395 e. The van der Waals surface area contributed by atoms with Gasteiger partial charge in [0.15, 0.2) is 0 Å². The summed E-state index contributed by atoms with van der Waals surface area (Å²) < 4.78 is 13.8. The van der Waals surface area contributed by atoms with E-state index in [1.54, 1.807) is 13.0 Å². The molecule has 0 aliphatic heterocycles. The van der Waals surface area contributed by atoms with E-state index in [1.807, 2.05) is 6.07 Å². The van der Waals surface area contributed by atoms with E-state index in [0.717, 1.165) is 18.5 Å². The quantitative estimate of drug-likeness (QED) is 0.822. The first-order chi connectivity index (χ1) is 8.15. The summed E-state index contributed by atoms with van der Waals surface area (Å²) in [5.74, 6) is -0.263. The molecule has 1 aromatic carbocycles. The highest BCUT2D eigenvalue weighted by molar-refractivity contribution is 5.57. The molecule has 1 aliphatic carbocycles. The lowest BCUT2D eigenvalue weighted by atomic mass is 10.0. The van der Waals surface area contributed by atoms with Crippen LogP contribution in [-0.2, 0) is 0 Å². The molecule has 0 saturated heterocycles. The van der Waals surface area contributed by atoms with Crippen LogP contribution in [0.25, 0.3) is 0 Å². The minimum absolute atomic E-state index is 0.0748. The molecule has 4 heteroatoms. The van der Waals surface area contributed by atoms with E-state index in [1.165, 1.54) is 6.07 Å². The van der Waals surface area contributed by atoms with Crippen molar-refractivity contribution >= 4 is 5.69 Å². The molecule has 3 N–H and O–H groups in total. The average Bonchev–Trinajstić information content (AvgIpc) is 3.08. The second-order valence-electron chi connectivity index (χ2n) is 4.61. The Morgan fingerprint density at radius 2 is 2.24 bits per heavy atom. The lowest BCUT2D eigenvalue weighted by Gasteiger charge is -2.27. The Morgan fingerprint density at radius 3 is 2.76 bits per heavy atom. The number of hydrogen-bond donors (Lipinski definition) is 2. The zero-order valence-electron chi connectivity index (χ0n) is 10.1. The van der Waals surface area contributed by atoms with Gasteiger partial charge in [-0.3, -0.25) is 0 Å². The molecule has 1 saturated carbocycles. The Morgan fingerprint density at radius 1 is 1.53 bits per heavy atom. The summed E-state index contributed by atoms with van der Waals surface area (Å²) in [6.45, 7) is 2.39. The first-order valence-corrected chi connectivity index (χ1v) is 6.06. The van der Waals surface area contributed by atoms with Crippen molar-refractivity contribution in [2.24, 2.45) is 5.73 Å². The van der Waals surface area contributed by atoms with Crippen LogP contribution in [0.3, 0.4) is 0 Å². The van der Waals surface area contributed by atoms with E-state index in [9.17, 15) is 4.39 Å². The fraction of sp³-hybridized carbons (Fsp3) is 0.538. The number of benzene rings is 1. The predicted octanol–water partition coefficient (Wildman–Crippen LogP) is 1.81. The zero-order valence-corrected chi connectivity index (χ0v) is 10.1. The van der Waals surface area contributed by atoms with Crippen LogP contribution in [0.15, 0.2) is 18.2 Å². The number of nitrogens with two attached hydrogens (primary N) is 1. The van der Waals surface area contributed by atoms with Gasteiger partial charge < -0.3 is 15.7 Å². The van der Waals surface area contributed by atoms with Crippen molar-refractivity contribution in [1.82, 2.24) is 0 Å². The van der Waals surface area contributed by atoms with Crippen molar-refractivity contribution in [3.63, 3.8) is 0 Å². The Bertz CT molecular complexity index is 391. The summed E-state index contributed by atoms with van der Waals surface area (Å²) in [7, 11) is 0. The number of rotatable bonds is 5. The average molecular weight is 238 g/mol. The molecule has 0 heterocycles. The number of hydrogen-bond acceptors (Lipinski definition) is 3. The number of aliphatic hydroxyl groups excluding tert-OH is 1. The van der Waals surface area contributed by atoms with Gasteiger partial charge in [-0.15, -0.1) is 0 Å². The van der Waals surface area contributed by atoms with Gasteiger partial charge in [-0.05, 0) is 31.9 Å². The molecule has 0 spiro atoms. The molecule has 2 rings (SSSR count). The Labute approximate surface area is 101 Å². The fourth-order valence-electron chi connectivity index (χ4n) is 2.22. The molecule has 1 unspecified atom stereocenters. The summed E-state index contributed by atoms with van der Waals surface area (Å²) in [5, 5.41) is 9.11. The van der Waals surface area contributed by atoms with E-state index in [-0.39, 0.29) is 18.5 Å². The summed E-state index contributed by atoms with van der Waals surface area (Å²) in [6.07, 6.45) is 2.21. The number of nitrogens with zero attached hydrogens (tertiary/aromatic N) is 1. The lowest BCUT2D eigenvalue weighted by molar-refractivity contribution is 0.301. The first-order valence-electron chi connectivity index (χ1n) is 6.06. The summed E-state index contributed by atoms with van der Waals surface area (Å²) >= 11 is 0. The van der Waals surface area contributed by atoms with Crippen molar-refractivity contribution < 1.29 is 9.50 Å². The maximum atomic E-state index is 13.8. The predicted molar refractivity (Wildman–Crippen MR) is 66.5 cm³/mol. The molecule has 0 amide bonds. The van der Waals surface area contributed by atoms with Gasteiger partial charge >= 0.3 is 0 Å². The van der Waals surface area contributed by atoms with E-state index in [0.29, 0.717) is 18.2 Å². The van der Waals surface area contributed by atoms with Gasteiger partial charge in [0, 0.05) is 29.9 Å². The third kappa shape index (κ3) is 2.58. The molecule has 1 aromatic rings. The van der Waals surface area contributed by atoms with Crippen molar-refractivity contribution in [1.29, 1.82) is 0 Å². The summed E-state index contributed by atoms with van der Waals surface area (Å²) in [4.78, 5) is 2.07. The van der Waals surface area contributed by atoms with Crippen LogP contribution >= 0.6 is 0 Å². The molecule has 17 heavy (non-hydrogen) atoms. The molecule has 0 radical (unpaired) electrons. The Kier molecular flexibility index (Phi) is 3.64. The molecule has 1 atom stereocenters. The minimum atomic E-state index is -0.342. The molecule has 3 nitrogen and oxygen atoms in total. The van der Waals surface area contributed by atoms with Crippen LogP contribution in [0.5, 0.6) is 0 Å². The molecular formula is C13H19FN2O. The molecule has 1 fully saturated rings. The van der Waals surface area contributed by atoms with Crippen LogP contribution in [0.1, 0.15) is 31.4 Å². The van der Waals surface area contributed by atoms with Crippen LogP contribution in [0.2, 0.25) is 0 Å². The van der Waals surface area contributed by atoms with E-state index >= 15 is 0 Å². The summed E-state index contributed by atoms with van der Waals surface area (Å²) in [6, 6.07) is 5.11. The van der Waals surface area contributed by atoms with Crippen molar-refractivity contribution in [3.8, 4) is 0 Å². The fourth-order valence-corrected chi connectivity index (χ4v) is 2.22. The number of anilines is 1. The third-order valence-corrected chi connectivity index (χ3v) is 3.12. The maximum Gasteiger partial charge on any atom is 0.130 e. The number of halogens is 1. The SMILES string of the molecule is CC(N)c1c(F)cccc1N(CCO)C1CC1. The zero-order chi connectivity index (χ0) is 12.4. The van der Waals surface area contributed by atoms with Gasteiger partial charge in [-0.1, -0.05) is 6.07 Å². The van der Waals surface area contributed by atoms with Crippen LogP contribution in [0, 0.1) is 5.82 Å². The van der Waals surface area contributed by atoms with Gasteiger partial charge in [0.1, 0.15) is 5.82 Å². The topological polar surface area (TPSA) is 49.5 Å². The van der Waals surface area contributed by atoms with E-state index in [4.69, 9.17) is 10.8 Å². The number of aliphatic hydroxyl groups is 1. The summed E-state index contributed by atoms with van der Waals surface area (Å²) in [5.41, 5.74) is 7.22. The van der Waals surface area contributed by atoms with Gasteiger partial charge in [0.05, 0.1) is 6.61 Å². The molecule has 0 aromatic heterocycles. The molecule has 1 aliphatic rings. The first kappa shape index (κ1) is 12.3. The van der Waals surface area contributed by atoms with Crippen molar-refractivity contribution in [2.75, 3.05) is 18.1 Å². The maximum absolute atomic E-state index is 13.8. The van der Waals surface area contributed by atoms with Gasteiger partial charge in [0.25, 0.3) is 0 Å². The normalized spacial score (nSPS) is 16.9. The van der Waals surface area contributed by atoms with Crippen LogP contribution in [0.4, 0.5) is 10.1 Å². The van der Waals surface area contributed by atoms with Crippen LogP contribution in [-0.4, -0.2) is 24.3 Å². The highest BCUT2D eigenvalue weighted by atomic mass is 19.1. The molecule has 0 bridgehead atoms. The van der Waals surface area contributed by atoms with Gasteiger partial charge in [-0.25, -0.2) is 4.39 Å². The third-order valence-electron chi connectivity index (χ3n) is 3.12. The van der Waals surface area contributed by atoms with Crippen molar-refractivity contribution in [2.45, 2.75) is 31.8 Å². The Hall–Kier alpha value is -1.13. The van der Waals surface area contributed by atoms with Gasteiger partial charge in [0.2, 0.25) is 0 Å². The highest BCUT2D eigenvalue weighted by Crippen LogP contribution is 2.35. The van der Waals surface area contributed by atoms with Crippen LogP contribution < -0.4 is 10.6 Å². The van der Waals surface area contributed by atoms with Gasteiger partial charge in [-0.2, -0.15) is 0 Å². The largest absolute Gasteiger partial charge is 0.395 e. The highest BCUT2D eigenvalue weighted by Gasteiger charge is 2.31. The van der Waals surface area contributed by atoms with E-state index < -0.39 is 0 Å².